The van der Waals surface area contributed by atoms with Crippen molar-refractivity contribution in [2.45, 2.75) is 65.2 Å². The Morgan fingerprint density at radius 3 is 2.48 bits per heavy atom. The first-order chi connectivity index (χ1) is 11.1. The van der Waals surface area contributed by atoms with Crippen molar-refractivity contribution < 1.29 is 4.79 Å². The minimum absolute atomic E-state index is 0.0802. The average Bonchev–Trinajstić information content (AvgIpc) is 2.55. The zero-order valence-electron chi connectivity index (χ0n) is 14.9. The molecule has 1 amide bonds. The number of allylic oxidation sites excluding steroid dienone is 1. The third-order valence-corrected chi connectivity index (χ3v) is 4.65. The number of benzene rings is 1. The summed E-state index contributed by atoms with van der Waals surface area (Å²) in [5, 5.41) is 3.10. The van der Waals surface area contributed by atoms with Gasteiger partial charge >= 0.3 is 0 Å². The maximum atomic E-state index is 12.3. The lowest BCUT2D eigenvalue weighted by molar-refractivity contribution is -0.122. The number of amides is 1. The maximum absolute atomic E-state index is 12.3. The van der Waals surface area contributed by atoms with E-state index in [0.29, 0.717) is 5.92 Å². The highest BCUT2D eigenvalue weighted by Crippen LogP contribution is 2.20. The summed E-state index contributed by atoms with van der Waals surface area (Å²) >= 11 is 0. The van der Waals surface area contributed by atoms with Crippen LogP contribution in [0.3, 0.4) is 0 Å². The molecule has 126 valence electrons. The van der Waals surface area contributed by atoms with Crippen LogP contribution in [0.1, 0.15) is 69.9 Å². The van der Waals surface area contributed by atoms with Crippen LogP contribution in [0.2, 0.25) is 0 Å². The van der Waals surface area contributed by atoms with Crippen molar-refractivity contribution in [3.8, 4) is 0 Å². The lowest BCUT2D eigenvalue weighted by atomic mass is 9.95. The van der Waals surface area contributed by atoms with Crippen molar-refractivity contribution in [2.75, 3.05) is 6.54 Å². The molecule has 1 aromatic rings. The van der Waals surface area contributed by atoms with Gasteiger partial charge in [0, 0.05) is 6.54 Å². The van der Waals surface area contributed by atoms with Gasteiger partial charge < -0.3 is 5.32 Å². The first-order valence-electron chi connectivity index (χ1n) is 9.10. The van der Waals surface area contributed by atoms with Crippen LogP contribution in [-0.4, -0.2) is 12.5 Å². The molecule has 0 bridgehead atoms. The van der Waals surface area contributed by atoms with Gasteiger partial charge in [-0.2, -0.15) is 0 Å². The van der Waals surface area contributed by atoms with E-state index in [4.69, 9.17) is 0 Å². The van der Waals surface area contributed by atoms with Crippen molar-refractivity contribution in [2.24, 2.45) is 5.92 Å². The molecule has 2 heteroatoms. The van der Waals surface area contributed by atoms with E-state index >= 15 is 0 Å². The second-order valence-electron chi connectivity index (χ2n) is 7.21. The molecule has 0 saturated carbocycles. The summed E-state index contributed by atoms with van der Waals surface area (Å²) in [4.78, 5) is 12.3. The molecule has 1 N–H and O–H groups in total. The van der Waals surface area contributed by atoms with E-state index in [-0.39, 0.29) is 11.8 Å². The van der Waals surface area contributed by atoms with Crippen LogP contribution in [-0.2, 0) is 11.2 Å². The molecule has 2 rings (SSSR count). The molecule has 0 aliphatic heterocycles. The predicted octanol–water partition coefficient (Wildman–Crippen LogP) is 5.00. The van der Waals surface area contributed by atoms with Crippen molar-refractivity contribution in [1.29, 1.82) is 0 Å². The summed E-state index contributed by atoms with van der Waals surface area (Å²) in [6.07, 6.45) is 9.50. The Balaban J connectivity index is 1.80. The number of rotatable bonds is 7. The predicted molar refractivity (Wildman–Crippen MR) is 97.6 cm³/mol. The smallest absolute Gasteiger partial charge is 0.227 e. The van der Waals surface area contributed by atoms with Gasteiger partial charge in [-0.25, -0.2) is 0 Å². The molecule has 0 aromatic heterocycles. The van der Waals surface area contributed by atoms with Gasteiger partial charge in [-0.3, -0.25) is 4.79 Å². The van der Waals surface area contributed by atoms with E-state index in [1.165, 1.54) is 36.8 Å². The van der Waals surface area contributed by atoms with Crippen LogP contribution in [0, 0.1) is 5.92 Å². The summed E-state index contributed by atoms with van der Waals surface area (Å²) in [5.74, 6) is 0.720. The van der Waals surface area contributed by atoms with Crippen LogP contribution in [0.5, 0.6) is 0 Å². The highest BCUT2D eigenvalue weighted by Gasteiger charge is 2.15. The maximum Gasteiger partial charge on any atom is 0.227 e. The number of carbonyl (C=O) groups is 1. The molecule has 1 unspecified atom stereocenters. The Kier molecular flexibility index (Phi) is 6.88. The fourth-order valence-electron chi connectivity index (χ4n) is 3.20. The lowest BCUT2D eigenvalue weighted by Crippen LogP contribution is -2.29. The van der Waals surface area contributed by atoms with E-state index in [1.54, 1.807) is 0 Å². The Morgan fingerprint density at radius 2 is 1.87 bits per heavy atom. The standard InChI is InChI=1S/C21H31NO/c1-16(2)15-19-9-11-20(12-10-19)17(3)21(23)22-14-13-18-7-5-4-6-8-18/h7,9-12,16-17H,4-6,8,13-15H2,1-3H3,(H,22,23). The topological polar surface area (TPSA) is 29.1 Å². The van der Waals surface area contributed by atoms with Gasteiger partial charge in [0.1, 0.15) is 0 Å². The van der Waals surface area contributed by atoms with Gasteiger partial charge in [0.05, 0.1) is 5.92 Å². The number of nitrogens with one attached hydrogen (secondary N) is 1. The van der Waals surface area contributed by atoms with Gasteiger partial charge in [0.2, 0.25) is 5.91 Å². The lowest BCUT2D eigenvalue weighted by Gasteiger charge is -2.16. The molecule has 0 radical (unpaired) electrons. The summed E-state index contributed by atoms with van der Waals surface area (Å²) < 4.78 is 0. The van der Waals surface area contributed by atoms with Crippen molar-refractivity contribution in [1.82, 2.24) is 5.32 Å². The zero-order valence-corrected chi connectivity index (χ0v) is 14.9. The first kappa shape index (κ1) is 17.8. The highest BCUT2D eigenvalue weighted by atomic mass is 16.1. The third kappa shape index (κ3) is 5.85. The van der Waals surface area contributed by atoms with Gasteiger partial charge in [-0.05, 0) is 62.5 Å². The Morgan fingerprint density at radius 1 is 1.13 bits per heavy atom. The van der Waals surface area contributed by atoms with Crippen LogP contribution in [0.4, 0.5) is 0 Å². The molecule has 1 aromatic carbocycles. The molecule has 0 heterocycles. The molecular formula is C21H31NO. The monoisotopic (exact) mass is 313 g/mol. The SMILES string of the molecule is CC(C)Cc1ccc(C(C)C(=O)NCCC2=CCCCC2)cc1. The normalized spacial score (nSPS) is 16.1. The molecule has 0 spiro atoms. The number of carbonyl (C=O) groups excluding carboxylic acids is 1. The van der Waals surface area contributed by atoms with E-state index < -0.39 is 0 Å². The molecule has 1 aliphatic rings. The van der Waals surface area contributed by atoms with E-state index in [0.717, 1.165) is 24.9 Å². The largest absolute Gasteiger partial charge is 0.355 e. The third-order valence-electron chi connectivity index (χ3n) is 4.65. The van der Waals surface area contributed by atoms with E-state index in [1.807, 2.05) is 6.92 Å². The molecule has 2 nitrogen and oxygen atoms in total. The Bertz CT molecular complexity index is 527. The molecule has 1 atom stereocenters. The molecular weight excluding hydrogens is 282 g/mol. The number of hydrogen-bond acceptors (Lipinski definition) is 1. The van der Waals surface area contributed by atoms with Crippen LogP contribution < -0.4 is 5.32 Å². The molecule has 23 heavy (non-hydrogen) atoms. The van der Waals surface area contributed by atoms with Crippen molar-refractivity contribution >= 4 is 5.91 Å². The van der Waals surface area contributed by atoms with Crippen LogP contribution >= 0.6 is 0 Å². The second-order valence-corrected chi connectivity index (χ2v) is 7.21. The summed E-state index contributed by atoms with van der Waals surface area (Å²) in [7, 11) is 0. The number of hydrogen-bond donors (Lipinski definition) is 1. The fourth-order valence-corrected chi connectivity index (χ4v) is 3.20. The second kappa shape index (κ2) is 8.90. The van der Waals surface area contributed by atoms with Gasteiger partial charge in [0.15, 0.2) is 0 Å². The molecule has 0 saturated heterocycles. The van der Waals surface area contributed by atoms with Crippen LogP contribution in [0.15, 0.2) is 35.9 Å². The van der Waals surface area contributed by atoms with Crippen molar-refractivity contribution in [3.05, 3.63) is 47.0 Å². The Hall–Kier alpha value is -1.57. The molecule has 1 aliphatic carbocycles. The fraction of sp³-hybridized carbons (Fsp3) is 0.571. The Labute approximate surface area is 141 Å². The van der Waals surface area contributed by atoms with Crippen LogP contribution in [0.25, 0.3) is 0 Å². The van der Waals surface area contributed by atoms with E-state index in [9.17, 15) is 4.79 Å². The summed E-state index contributed by atoms with van der Waals surface area (Å²) in [6, 6.07) is 8.52. The van der Waals surface area contributed by atoms with E-state index in [2.05, 4.69) is 49.5 Å². The quantitative estimate of drug-likeness (QED) is 0.706. The van der Waals surface area contributed by atoms with Gasteiger partial charge in [0.25, 0.3) is 0 Å². The van der Waals surface area contributed by atoms with Crippen molar-refractivity contribution in [3.63, 3.8) is 0 Å². The summed E-state index contributed by atoms with van der Waals surface area (Å²) in [6.45, 7) is 7.21. The molecule has 0 fully saturated rings. The summed E-state index contributed by atoms with van der Waals surface area (Å²) in [5.41, 5.74) is 3.97. The average molecular weight is 313 g/mol. The minimum Gasteiger partial charge on any atom is -0.355 e. The van der Waals surface area contributed by atoms with Gasteiger partial charge in [-0.15, -0.1) is 0 Å². The van der Waals surface area contributed by atoms with Gasteiger partial charge in [-0.1, -0.05) is 49.8 Å². The first-order valence-corrected chi connectivity index (χ1v) is 9.10. The minimum atomic E-state index is -0.0802. The zero-order chi connectivity index (χ0) is 16.7. The highest BCUT2D eigenvalue weighted by molar-refractivity contribution is 5.83.